The number of nitrogens with one attached hydrogen (secondary N) is 1. The summed E-state index contributed by atoms with van der Waals surface area (Å²) < 4.78 is 15.6. The van der Waals surface area contributed by atoms with E-state index in [1.807, 2.05) is 60.7 Å². The van der Waals surface area contributed by atoms with Crippen molar-refractivity contribution in [1.82, 2.24) is 19.7 Å². The van der Waals surface area contributed by atoms with E-state index in [-0.39, 0.29) is 11.5 Å². The third-order valence-electron chi connectivity index (χ3n) is 5.41. The van der Waals surface area contributed by atoms with Gasteiger partial charge in [-0.25, -0.2) is 14.1 Å². The second kappa shape index (κ2) is 9.48. The molecule has 34 heavy (non-hydrogen) atoms. The molecule has 1 N–H and O–H groups in total. The predicted molar refractivity (Wildman–Crippen MR) is 129 cm³/mol. The first kappa shape index (κ1) is 21.8. The molecule has 1 aliphatic heterocycles. The Balaban J connectivity index is 1.45. The van der Waals surface area contributed by atoms with Gasteiger partial charge in [0.2, 0.25) is 11.7 Å². The van der Waals surface area contributed by atoms with E-state index in [0.29, 0.717) is 17.5 Å². The van der Waals surface area contributed by atoms with Gasteiger partial charge in [0.15, 0.2) is 5.82 Å². The van der Waals surface area contributed by atoms with E-state index in [0.717, 1.165) is 11.3 Å². The van der Waals surface area contributed by atoms with Crippen LogP contribution < -0.4 is 5.32 Å². The quantitative estimate of drug-likeness (QED) is 0.469. The summed E-state index contributed by atoms with van der Waals surface area (Å²) >= 11 is 1.45. The van der Waals surface area contributed by atoms with Crippen LogP contribution in [0.15, 0.2) is 84.9 Å². The van der Waals surface area contributed by atoms with Crippen molar-refractivity contribution in [3.05, 3.63) is 96.6 Å². The van der Waals surface area contributed by atoms with E-state index < -0.39 is 23.7 Å². The summed E-state index contributed by atoms with van der Waals surface area (Å²) in [6.07, 6.45) is 0. The summed E-state index contributed by atoms with van der Waals surface area (Å²) in [6.45, 7) is 0. The van der Waals surface area contributed by atoms with Crippen LogP contribution in [0.25, 0.3) is 17.1 Å². The van der Waals surface area contributed by atoms with Crippen LogP contribution >= 0.6 is 11.8 Å². The molecule has 1 fully saturated rings. The molecule has 4 aromatic rings. The van der Waals surface area contributed by atoms with Gasteiger partial charge in [0.1, 0.15) is 11.9 Å². The lowest BCUT2D eigenvalue weighted by atomic mass is 10.2. The first-order chi connectivity index (χ1) is 16.6. The Morgan fingerprint density at radius 3 is 2.35 bits per heavy atom. The number of carbonyl (C=O) groups is 2. The van der Waals surface area contributed by atoms with Crippen LogP contribution in [0.4, 0.5) is 10.1 Å². The predicted octanol–water partition coefficient (Wildman–Crippen LogP) is 4.23. The van der Waals surface area contributed by atoms with Crippen LogP contribution in [0, 0.1) is 5.82 Å². The van der Waals surface area contributed by atoms with E-state index in [4.69, 9.17) is 0 Å². The van der Waals surface area contributed by atoms with Gasteiger partial charge in [0.25, 0.3) is 5.91 Å². The van der Waals surface area contributed by atoms with E-state index in [9.17, 15) is 14.0 Å². The van der Waals surface area contributed by atoms with Gasteiger partial charge in [-0.3, -0.25) is 9.59 Å². The third-order valence-corrected chi connectivity index (χ3v) is 6.42. The minimum absolute atomic E-state index is 0.00565. The molecule has 1 aliphatic rings. The molecule has 7 nitrogen and oxygen atoms in total. The average molecular weight is 474 g/mol. The monoisotopic (exact) mass is 473 g/mol. The lowest BCUT2D eigenvalue weighted by molar-refractivity contribution is -0.119. The minimum atomic E-state index is -0.763. The largest absolute Gasteiger partial charge is 0.322 e. The maximum absolute atomic E-state index is 14.0. The molecule has 9 heteroatoms. The fourth-order valence-electron chi connectivity index (χ4n) is 3.69. The van der Waals surface area contributed by atoms with E-state index >= 15 is 0 Å². The number of amides is 2. The fraction of sp³-hybridized carbons (Fsp3) is 0.120. The van der Waals surface area contributed by atoms with Crippen molar-refractivity contribution < 1.29 is 14.0 Å². The number of anilines is 1. The van der Waals surface area contributed by atoms with Crippen LogP contribution in [-0.2, 0) is 4.79 Å². The SMILES string of the molecule is O=C(Nc1ccccc1F)C1CSCN1C(=O)c1nc(-c2ccccc2)n(-c2ccccc2)n1. The molecular weight excluding hydrogens is 453 g/mol. The molecule has 1 aromatic heterocycles. The van der Waals surface area contributed by atoms with Crippen molar-refractivity contribution in [2.24, 2.45) is 0 Å². The molecule has 2 amide bonds. The molecule has 0 spiro atoms. The topological polar surface area (TPSA) is 80.1 Å². The van der Waals surface area contributed by atoms with Gasteiger partial charge < -0.3 is 10.2 Å². The van der Waals surface area contributed by atoms with Crippen molar-refractivity contribution >= 4 is 29.3 Å². The zero-order valence-electron chi connectivity index (χ0n) is 18.0. The number of benzene rings is 3. The second-order valence-corrected chi connectivity index (χ2v) is 8.63. The molecule has 3 aromatic carbocycles. The zero-order chi connectivity index (χ0) is 23.5. The minimum Gasteiger partial charge on any atom is -0.322 e. The summed E-state index contributed by atoms with van der Waals surface area (Å²) in [5.41, 5.74) is 1.65. The number of halogens is 1. The first-order valence-corrected chi connectivity index (χ1v) is 11.8. The van der Waals surface area contributed by atoms with Crippen molar-refractivity contribution in [2.45, 2.75) is 6.04 Å². The van der Waals surface area contributed by atoms with E-state index in [1.165, 1.54) is 28.8 Å². The number of aromatic nitrogens is 3. The van der Waals surface area contributed by atoms with E-state index in [2.05, 4.69) is 15.4 Å². The molecule has 0 aliphatic carbocycles. The third kappa shape index (κ3) is 4.29. The van der Waals surface area contributed by atoms with Crippen LogP contribution in [0.1, 0.15) is 10.6 Å². The van der Waals surface area contributed by atoms with Gasteiger partial charge in [-0.05, 0) is 24.3 Å². The lowest BCUT2D eigenvalue weighted by Gasteiger charge is -2.21. The van der Waals surface area contributed by atoms with Crippen molar-refractivity contribution in [1.29, 1.82) is 0 Å². The Morgan fingerprint density at radius 1 is 0.941 bits per heavy atom. The lowest BCUT2D eigenvalue weighted by Crippen LogP contribution is -2.45. The first-order valence-electron chi connectivity index (χ1n) is 10.6. The van der Waals surface area contributed by atoms with Crippen molar-refractivity contribution in [2.75, 3.05) is 16.9 Å². The van der Waals surface area contributed by atoms with Gasteiger partial charge in [0, 0.05) is 11.3 Å². The number of para-hydroxylation sites is 2. The van der Waals surface area contributed by atoms with Gasteiger partial charge in [-0.1, -0.05) is 60.7 Å². The van der Waals surface area contributed by atoms with Crippen LogP contribution in [0.5, 0.6) is 0 Å². The number of carbonyl (C=O) groups excluding carboxylic acids is 2. The number of rotatable bonds is 5. The Hall–Kier alpha value is -3.98. The second-order valence-electron chi connectivity index (χ2n) is 7.63. The Kier molecular flexibility index (Phi) is 6.09. The van der Waals surface area contributed by atoms with Crippen LogP contribution in [0.2, 0.25) is 0 Å². The number of hydrogen-bond acceptors (Lipinski definition) is 5. The Morgan fingerprint density at radius 2 is 1.62 bits per heavy atom. The van der Waals surface area contributed by atoms with Crippen LogP contribution in [0.3, 0.4) is 0 Å². The Labute approximate surface area is 199 Å². The summed E-state index contributed by atoms with van der Waals surface area (Å²) in [5, 5.41) is 7.10. The summed E-state index contributed by atoms with van der Waals surface area (Å²) in [4.78, 5) is 32.3. The van der Waals surface area contributed by atoms with Crippen LogP contribution in [-0.4, -0.2) is 49.2 Å². The van der Waals surface area contributed by atoms with Crippen molar-refractivity contribution in [3.8, 4) is 17.1 Å². The van der Waals surface area contributed by atoms with Gasteiger partial charge in [-0.15, -0.1) is 16.9 Å². The highest BCUT2D eigenvalue weighted by atomic mass is 32.2. The van der Waals surface area contributed by atoms with E-state index in [1.54, 1.807) is 16.8 Å². The molecule has 2 heterocycles. The molecule has 170 valence electrons. The normalized spacial score (nSPS) is 15.3. The highest BCUT2D eigenvalue weighted by Crippen LogP contribution is 2.26. The average Bonchev–Trinajstić information content (AvgIpc) is 3.54. The standard InChI is InChI=1S/C25H20FN5O2S/c26-19-13-7-8-14-20(19)27-24(32)21-15-34-16-30(21)25(33)22-28-23(17-9-3-1-4-10-17)31(29-22)18-11-5-2-6-12-18/h1-14,21H,15-16H2,(H,27,32). The molecule has 1 unspecified atom stereocenters. The maximum Gasteiger partial charge on any atom is 0.294 e. The molecule has 5 rings (SSSR count). The molecule has 1 atom stereocenters. The molecule has 0 bridgehead atoms. The van der Waals surface area contributed by atoms with Gasteiger partial charge in [-0.2, -0.15) is 0 Å². The zero-order valence-corrected chi connectivity index (χ0v) is 18.8. The summed E-state index contributed by atoms with van der Waals surface area (Å²) in [6, 6.07) is 24.1. The maximum atomic E-state index is 14.0. The Bertz CT molecular complexity index is 1270. The highest BCUT2D eigenvalue weighted by molar-refractivity contribution is 7.99. The number of nitrogens with zero attached hydrogens (tertiary/aromatic N) is 4. The highest BCUT2D eigenvalue weighted by Gasteiger charge is 2.37. The molecular formula is C25H20FN5O2S. The number of hydrogen-bond donors (Lipinski definition) is 1. The van der Waals surface area contributed by atoms with Gasteiger partial charge >= 0.3 is 0 Å². The summed E-state index contributed by atoms with van der Waals surface area (Å²) in [7, 11) is 0. The van der Waals surface area contributed by atoms with Gasteiger partial charge in [0.05, 0.1) is 17.3 Å². The fourth-order valence-corrected chi connectivity index (χ4v) is 4.85. The molecule has 1 saturated heterocycles. The smallest absolute Gasteiger partial charge is 0.294 e. The summed E-state index contributed by atoms with van der Waals surface area (Å²) in [5.74, 6) is -0.204. The molecule has 0 saturated carbocycles. The molecule has 0 radical (unpaired) electrons. The van der Waals surface area contributed by atoms with Crippen molar-refractivity contribution in [3.63, 3.8) is 0 Å². The number of thioether (sulfide) groups is 1.